The van der Waals surface area contributed by atoms with Crippen LogP contribution in [0.15, 0.2) is 85.0 Å². The lowest BCUT2D eigenvalue weighted by molar-refractivity contribution is -0.139. The van der Waals surface area contributed by atoms with Crippen LogP contribution in [0.5, 0.6) is 0 Å². The molecule has 0 aromatic heterocycles. The summed E-state index contributed by atoms with van der Waals surface area (Å²) in [5.74, 6) is -0.659. The molecule has 0 saturated heterocycles. The van der Waals surface area contributed by atoms with Crippen LogP contribution in [0.25, 0.3) is 0 Å². The minimum Gasteiger partial charge on any atom is -0.462 e. The molecule has 0 amide bonds. The van der Waals surface area contributed by atoms with Crippen LogP contribution in [0.3, 0.4) is 0 Å². The first-order valence-electron chi connectivity index (χ1n) is 22.1. The van der Waals surface area contributed by atoms with E-state index < -0.39 is 67.0 Å². The summed E-state index contributed by atoms with van der Waals surface area (Å²) in [4.78, 5) is 23.7. The molecule has 0 heterocycles. The standard InChI is InChI=1S/C44H82O9Si8/c1-39(2)43(45)47-31-25-33-54(5,6)49-56(9,10)35-37-58(13,14)51-60(17,18)53-61(41-27-21-19-22-28-41,42-29-23-20-24-30-42)52-59(15,16)38-36-57(11,12)50-55(7,8)34-26-32-48-44(46)40(3)4/h19-24,27-30H,1,3,25-26,31-38H2,2,4-18H3. The highest BCUT2D eigenvalue weighted by molar-refractivity contribution is 7.02. The Labute approximate surface area is 379 Å². The van der Waals surface area contributed by atoms with Gasteiger partial charge in [0.25, 0.3) is 0 Å². The molecule has 344 valence electrons. The smallest absolute Gasteiger partial charge is 0.388 e. The number of ether oxygens (including phenoxy) is 2. The lowest BCUT2D eigenvalue weighted by Crippen LogP contribution is -2.71. The van der Waals surface area contributed by atoms with Crippen molar-refractivity contribution >= 4 is 89.3 Å². The van der Waals surface area contributed by atoms with E-state index in [0.29, 0.717) is 24.4 Å². The summed E-state index contributed by atoms with van der Waals surface area (Å²) >= 11 is 0. The van der Waals surface area contributed by atoms with E-state index in [1.807, 2.05) is 0 Å². The highest BCUT2D eigenvalue weighted by atomic mass is 28.5. The predicted molar refractivity (Wildman–Crippen MR) is 275 cm³/mol. The van der Waals surface area contributed by atoms with Crippen LogP contribution in [0.4, 0.5) is 0 Å². The van der Waals surface area contributed by atoms with E-state index in [-0.39, 0.29) is 11.9 Å². The number of rotatable bonds is 28. The third kappa shape index (κ3) is 20.8. The van der Waals surface area contributed by atoms with Crippen LogP contribution in [0.1, 0.15) is 26.7 Å². The van der Waals surface area contributed by atoms with Crippen molar-refractivity contribution in [2.75, 3.05) is 13.2 Å². The molecule has 0 atom stereocenters. The average Bonchev–Trinajstić information content (AvgIpc) is 3.12. The first-order chi connectivity index (χ1) is 27.8. The van der Waals surface area contributed by atoms with Gasteiger partial charge in [-0.15, -0.1) is 0 Å². The molecule has 0 bridgehead atoms. The molecule has 61 heavy (non-hydrogen) atoms. The predicted octanol–water partition coefficient (Wildman–Crippen LogP) is 11.3. The number of hydrogen-bond donors (Lipinski definition) is 0. The maximum absolute atomic E-state index is 11.9. The normalized spacial score (nSPS) is 13.5. The molecule has 2 aromatic carbocycles. The maximum atomic E-state index is 11.9. The molecule has 0 radical (unpaired) electrons. The summed E-state index contributed by atoms with van der Waals surface area (Å²) in [6, 6.07) is 27.0. The Hall–Kier alpha value is -1.60. The monoisotopic (exact) mass is 978 g/mol. The van der Waals surface area contributed by atoms with E-state index >= 15 is 0 Å². The molecule has 0 spiro atoms. The van der Waals surface area contributed by atoms with Crippen molar-refractivity contribution in [1.82, 2.24) is 0 Å². The third-order valence-electron chi connectivity index (χ3n) is 10.4. The van der Waals surface area contributed by atoms with Gasteiger partial charge >= 0.3 is 29.1 Å². The maximum Gasteiger partial charge on any atom is 0.388 e. The van der Waals surface area contributed by atoms with E-state index in [1.54, 1.807) is 13.8 Å². The van der Waals surface area contributed by atoms with Crippen LogP contribution in [0.2, 0.25) is 128 Å². The largest absolute Gasteiger partial charge is 0.462 e. The van der Waals surface area contributed by atoms with Crippen LogP contribution >= 0.6 is 0 Å². The van der Waals surface area contributed by atoms with E-state index in [9.17, 15) is 9.59 Å². The van der Waals surface area contributed by atoms with Crippen molar-refractivity contribution < 1.29 is 39.6 Å². The van der Waals surface area contributed by atoms with Crippen LogP contribution in [0, 0.1) is 0 Å². The van der Waals surface area contributed by atoms with Crippen molar-refractivity contribution in [3.63, 3.8) is 0 Å². The molecule has 0 aliphatic carbocycles. The van der Waals surface area contributed by atoms with Gasteiger partial charge in [0.05, 0.1) is 13.2 Å². The number of carbonyl (C=O) groups is 2. The van der Waals surface area contributed by atoms with Crippen molar-refractivity contribution in [3.05, 3.63) is 85.0 Å². The molecule has 2 rings (SSSR count). The lowest BCUT2D eigenvalue weighted by atomic mass is 10.4. The Balaban J connectivity index is 2.29. The quantitative estimate of drug-likeness (QED) is 0.0357. The van der Waals surface area contributed by atoms with E-state index in [0.717, 1.165) is 59.5 Å². The van der Waals surface area contributed by atoms with Gasteiger partial charge in [0.15, 0.2) is 49.9 Å². The highest BCUT2D eigenvalue weighted by Gasteiger charge is 2.52. The Morgan fingerprint density at radius 3 is 1.05 bits per heavy atom. The fourth-order valence-electron chi connectivity index (χ4n) is 7.74. The molecule has 2 aromatic rings. The minimum atomic E-state index is -3.31. The van der Waals surface area contributed by atoms with Gasteiger partial charge in [-0.3, -0.25) is 0 Å². The molecule has 0 aliphatic heterocycles. The second-order valence-electron chi connectivity index (χ2n) is 20.9. The Morgan fingerprint density at radius 2 is 0.721 bits per heavy atom. The van der Waals surface area contributed by atoms with Crippen molar-refractivity contribution in [3.8, 4) is 0 Å². The molecule has 9 nitrogen and oxygen atoms in total. The molecule has 0 N–H and O–H groups in total. The van der Waals surface area contributed by atoms with Crippen LogP contribution < -0.4 is 10.4 Å². The zero-order valence-electron chi connectivity index (χ0n) is 40.9. The van der Waals surface area contributed by atoms with Gasteiger partial charge in [0.2, 0.25) is 0 Å². The van der Waals surface area contributed by atoms with E-state index in [2.05, 4.69) is 165 Å². The summed E-state index contributed by atoms with van der Waals surface area (Å²) in [6.07, 6.45) is 1.59. The van der Waals surface area contributed by atoms with Crippen LogP contribution in [-0.2, 0) is 39.6 Å². The Morgan fingerprint density at radius 1 is 0.426 bits per heavy atom. The summed E-state index contributed by atoms with van der Waals surface area (Å²) < 4.78 is 47.5. The van der Waals surface area contributed by atoms with E-state index in [1.165, 1.54) is 0 Å². The second-order valence-corrected chi connectivity index (χ2v) is 54.2. The summed E-state index contributed by atoms with van der Waals surface area (Å²) in [7, 11) is -18.9. The molecular weight excluding hydrogens is 897 g/mol. The summed E-state index contributed by atoms with van der Waals surface area (Å²) in [6.45, 7) is 43.7. The van der Waals surface area contributed by atoms with E-state index in [4.69, 9.17) is 30.0 Å². The first-order valence-corrected chi connectivity index (χ1v) is 45.4. The highest BCUT2D eigenvalue weighted by Crippen LogP contribution is 2.33. The van der Waals surface area contributed by atoms with Crippen molar-refractivity contribution in [2.24, 2.45) is 0 Å². The van der Waals surface area contributed by atoms with Crippen molar-refractivity contribution in [1.29, 1.82) is 0 Å². The van der Waals surface area contributed by atoms with Crippen molar-refractivity contribution in [2.45, 2.75) is 155 Å². The fourth-order valence-corrected chi connectivity index (χ4v) is 49.5. The minimum absolute atomic E-state index is 0.328. The molecule has 17 heteroatoms. The van der Waals surface area contributed by atoms with Gasteiger partial charge in [-0.25, -0.2) is 9.59 Å². The SMILES string of the molecule is C=C(C)C(=O)OCCC[Si](C)(C)O[Si](C)(C)CC[Si](C)(C)O[Si](C)(C)O[Si](O[Si](C)(C)CC[Si](C)(C)O[Si](C)(C)CCCOC(=O)C(=C)C)(c1ccccc1)c1ccccc1. The molecule has 0 fully saturated rings. The number of hydrogen-bond acceptors (Lipinski definition) is 9. The number of benzene rings is 2. The Bertz CT molecular complexity index is 1690. The second kappa shape index (κ2) is 23.0. The Kier molecular flexibility index (Phi) is 21.0. The van der Waals surface area contributed by atoms with Crippen LogP contribution in [-0.4, -0.2) is 92.2 Å². The van der Waals surface area contributed by atoms with Gasteiger partial charge in [0, 0.05) is 11.1 Å². The zero-order valence-corrected chi connectivity index (χ0v) is 48.9. The first kappa shape index (κ1) is 55.5. The average molecular weight is 980 g/mol. The number of carbonyl (C=O) groups excluding carboxylic acids is 2. The molecule has 0 aliphatic rings. The van der Waals surface area contributed by atoms with Gasteiger partial charge in [0.1, 0.15) is 0 Å². The fraction of sp³-hybridized carbons (Fsp3) is 0.591. The number of esters is 2. The summed E-state index contributed by atoms with van der Waals surface area (Å²) in [5, 5.41) is 2.20. The lowest BCUT2D eigenvalue weighted by Gasteiger charge is -2.45. The van der Waals surface area contributed by atoms with Gasteiger partial charge in [-0.1, -0.05) is 73.8 Å². The third-order valence-corrected chi connectivity index (χ3v) is 42.0. The molecule has 0 saturated carbocycles. The molecule has 0 unspecified atom stereocenters. The molecular formula is C44H82O9Si8. The zero-order chi connectivity index (χ0) is 46.6. The summed E-state index contributed by atoms with van der Waals surface area (Å²) in [5.41, 5.74) is 0.855. The van der Waals surface area contributed by atoms with Gasteiger partial charge in [-0.05, 0) is 165 Å². The topological polar surface area (TPSA) is 98.8 Å². The van der Waals surface area contributed by atoms with Gasteiger partial charge in [-0.2, -0.15) is 0 Å². The van der Waals surface area contributed by atoms with Gasteiger partial charge < -0.3 is 30.0 Å².